The smallest absolute Gasteiger partial charge is 0.258 e. The van der Waals surface area contributed by atoms with Crippen LogP contribution >= 0.6 is 23.2 Å². The van der Waals surface area contributed by atoms with Crippen molar-refractivity contribution in [1.29, 1.82) is 0 Å². The average molecular weight is 321 g/mol. The first-order valence-corrected chi connectivity index (χ1v) is 6.82. The minimum atomic E-state index is 0.297. The molecule has 0 unspecified atom stereocenters. The van der Waals surface area contributed by atoms with Crippen molar-refractivity contribution in [2.45, 2.75) is 6.92 Å². The van der Waals surface area contributed by atoms with Crippen LogP contribution in [0.15, 0.2) is 35.0 Å². The molecule has 0 saturated heterocycles. The number of benzene rings is 1. The monoisotopic (exact) mass is 320 g/mol. The van der Waals surface area contributed by atoms with E-state index in [9.17, 15) is 0 Å². The number of anilines is 1. The van der Waals surface area contributed by atoms with Gasteiger partial charge in [-0.25, -0.2) is 4.98 Å². The van der Waals surface area contributed by atoms with Crippen LogP contribution in [0.4, 0.5) is 5.69 Å². The summed E-state index contributed by atoms with van der Waals surface area (Å²) in [5.41, 5.74) is 8.68. The van der Waals surface area contributed by atoms with E-state index >= 15 is 0 Å². The van der Waals surface area contributed by atoms with Gasteiger partial charge in [0, 0.05) is 17.4 Å². The van der Waals surface area contributed by atoms with E-state index in [1.807, 2.05) is 19.1 Å². The number of hydrogen-bond acceptors (Lipinski definition) is 5. The molecular weight excluding hydrogens is 311 g/mol. The van der Waals surface area contributed by atoms with Gasteiger partial charge in [0.1, 0.15) is 5.69 Å². The Labute approximate surface area is 130 Å². The quantitative estimate of drug-likeness (QED) is 0.722. The number of pyridine rings is 1. The van der Waals surface area contributed by atoms with E-state index in [2.05, 4.69) is 15.1 Å². The highest BCUT2D eigenvalue weighted by Gasteiger charge is 2.15. The van der Waals surface area contributed by atoms with Crippen LogP contribution in [0.25, 0.3) is 23.0 Å². The number of aromatic nitrogens is 3. The Morgan fingerprint density at radius 2 is 2.00 bits per heavy atom. The second kappa shape index (κ2) is 5.35. The molecule has 7 heteroatoms. The van der Waals surface area contributed by atoms with Gasteiger partial charge in [-0.2, -0.15) is 4.98 Å². The summed E-state index contributed by atoms with van der Waals surface area (Å²) in [7, 11) is 0. The van der Waals surface area contributed by atoms with E-state index < -0.39 is 0 Å². The molecular formula is C14H10Cl2N4O. The van der Waals surface area contributed by atoms with E-state index in [1.165, 1.54) is 6.20 Å². The standard InChI is InChI=1S/C14H10Cl2N4O/c1-7-2-3-8(4-11(7)17)14-19-13(20-21-14)12-10(16)5-9(15)6-18-12/h2-6H,17H2,1H3. The van der Waals surface area contributed by atoms with E-state index in [0.29, 0.717) is 33.1 Å². The van der Waals surface area contributed by atoms with Crippen molar-refractivity contribution in [3.05, 3.63) is 46.1 Å². The van der Waals surface area contributed by atoms with Crippen LogP contribution in [0, 0.1) is 6.92 Å². The van der Waals surface area contributed by atoms with Gasteiger partial charge < -0.3 is 10.3 Å². The van der Waals surface area contributed by atoms with Gasteiger partial charge >= 0.3 is 0 Å². The number of nitrogens with zero attached hydrogens (tertiary/aromatic N) is 3. The molecule has 2 N–H and O–H groups in total. The lowest BCUT2D eigenvalue weighted by Crippen LogP contribution is -1.90. The summed E-state index contributed by atoms with van der Waals surface area (Å²) in [5.74, 6) is 0.648. The van der Waals surface area contributed by atoms with Crippen molar-refractivity contribution in [2.75, 3.05) is 5.73 Å². The van der Waals surface area contributed by atoms with Gasteiger partial charge in [-0.15, -0.1) is 0 Å². The number of nitrogens with two attached hydrogens (primary N) is 1. The zero-order valence-electron chi connectivity index (χ0n) is 11.0. The summed E-state index contributed by atoms with van der Waals surface area (Å²) >= 11 is 11.9. The number of nitrogen functional groups attached to an aromatic ring is 1. The second-order valence-electron chi connectivity index (χ2n) is 4.48. The molecule has 0 atom stereocenters. The normalized spacial score (nSPS) is 10.8. The molecule has 0 spiro atoms. The molecule has 0 radical (unpaired) electrons. The Balaban J connectivity index is 2.01. The highest BCUT2D eigenvalue weighted by atomic mass is 35.5. The van der Waals surface area contributed by atoms with Gasteiger partial charge in [0.2, 0.25) is 5.82 Å². The van der Waals surface area contributed by atoms with Crippen molar-refractivity contribution < 1.29 is 4.52 Å². The summed E-state index contributed by atoms with van der Waals surface area (Å²) in [5, 5.41) is 4.69. The molecule has 0 amide bonds. The zero-order valence-corrected chi connectivity index (χ0v) is 12.5. The van der Waals surface area contributed by atoms with Crippen LogP contribution < -0.4 is 5.73 Å². The van der Waals surface area contributed by atoms with E-state index in [1.54, 1.807) is 12.1 Å². The molecule has 21 heavy (non-hydrogen) atoms. The van der Waals surface area contributed by atoms with Crippen molar-refractivity contribution >= 4 is 28.9 Å². The van der Waals surface area contributed by atoms with Gasteiger partial charge in [0.05, 0.1) is 10.0 Å². The maximum atomic E-state index is 6.08. The number of hydrogen-bond donors (Lipinski definition) is 1. The molecule has 0 saturated carbocycles. The highest BCUT2D eigenvalue weighted by Crippen LogP contribution is 2.28. The van der Waals surface area contributed by atoms with Crippen LogP contribution in [0.1, 0.15) is 5.56 Å². The lowest BCUT2D eigenvalue weighted by atomic mass is 10.1. The third-order valence-corrected chi connectivity index (χ3v) is 3.47. The lowest BCUT2D eigenvalue weighted by Gasteiger charge is -2.00. The van der Waals surface area contributed by atoms with Crippen molar-refractivity contribution in [1.82, 2.24) is 15.1 Å². The molecule has 1 aromatic carbocycles. The molecule has 0 bridgehead atoms. The Morgan fingerprint density at radius 3 is 2.71 bits per heavy atom. The highest BCUT2D eigenvalue weighted by molar-refractivity contribution is 6.35. The maximum absolute atomic E-state index is 6.08. The van der Waals surface area contributed by atoms with Crippen LogP contribution in [0.2, 0.25) is 10.0 Å². The van der Waals surface area contributed by atoms with Crippen LogP contribution in [0.5, 0.6) is 0 Å². The Bertz CT molecular complexity index is 816. The first-order valence-electron chi connectivity index (χ1n) is 6.06. The lowest BCUT2D eigenvalue weighted by molar-refractivity contribution is 0.432. The fourth-order valence-electron chi connectivity index (χ4n) is 1.79. The summed E-state index contributed by atoms with van der Waals surface area (Å²) in [6.45, 7) is 1.93. The van der Waals surface area contributed by atoms with Gasteiger partial charge in [0.25, 0.3) is 5.89 Å². The van der Waals surface area contributed by atoms with Crippen molar-refractivity contribution in [2.24, 2.45) is 0 Å². The minimum absolute atomic E-state index is 0.297. The average Bonchev–Trinajstić information content (AvgIpc) is 2.91. The van der Waals surface area contributed by atoms with Gasteiger partial charge in [-0.05, 0) is 30.7 Å². The summed E-state index contributed by atoms with van der Waals surface area (Å²) in [4.78, 5) is 8.40. The Kier molecular flexibility index (Phi) is 3.53. The SMILES string of the molecule is Cc1ccc(-c2nc(-c3ncc(Cl)cc3Cl)no2)cc1N. The molecule has 2 heterocycles. The fraction of sp³-hybridized carbons (Fsp3) is 0.0714. The molecule has 0 fully saturated rings. The molecule has 0 aliphatic heterocycles. The van der Waals surface area contributed by atoms with Crippen LogP contribution in [0.3, 0.4) is 0 Å². The Morgan fingerprint density at radius 1 is 1.19 bits per heavy atom. The van der Waals surface area contributed by atoms with Gasteiger partial charge in [0.15, 0.2) is 0 Å². The van der Waals surface area contributed by atoms with Crippen molar-refractivity contribution in [3.8, 4) is 23.0 Å². The third kappa shape index (κ3) is 2.70. The first-order chi connectivity index (χ1) is 10.0. The van der Waals surface area contributed by atoms with E-state index in [0.717, 1.165) is 11.1 Å². The van der Waals surface area contributed by atoms with Gasteiger partial charge in [-0.3, -0.25) is 0 Å². The number of aryl methyl sites for hydroxylation is 1. The molecule has 3 rings (SSSR count). The molecule has 106 valence electrons. The summed E-state index contributed by atoms with van der Waals surface area (Å²) in [6.07, 6.45) is 1.47. The topological polar surface area (TPSA) is 77.8 Å². The minimum Gasteiger partial charge on any atom is -0.398 e. The first kappa shape index (κ1) is 13.9. The summed E-state index contributed by atoms with van der Waals surface area (Å²) in [6, 6.07) is 7.11. The predicted octanol–water partition coefficient (Wildman–Crippen LogP) is 4.00. The van der Waals surface area contributed by atoms with Crippen molar-refractivity contribution in [3.63, 3.8) is 0 Å². The van der Waals surface area contributed by atoms with Gasteiger partial charge in [-0.1, -0.05) is 34.4 Å². The molecule has 3 aromatic rings. The predicted molar refractivity (Wildman–Crippen MR) is 82.1 cm³/mol. The van der Waals surface area contributed by atoms with E-state index in [-0.39, 0.29) is 0 Å². The Hall–Kier alpha value is -2.11. The molecule has 0 aliphatic rings. The maximum Gasteiger partial charge on any atom is 0.258 e. The third-order valence-electron chi connectivity index (χ3n) is 2.97. The molecule has 0 aliphatic carbocycles. The largest absolute Gasteiger partial charge is 0.398 e. The second-order valence-corrected chi connectivity index (χ2v) is 5.32. The number of rotatable bonds is 2. The van der Waals surface area contributed by atoms with E-state index in [4.69, 9.17) is 33.5 Å². The van der Waals surface area contributed by atoms with Crippen LogP contribution in [-0.4, -0.2) is 15.1 Å². The zero-order chi connectivity index (χ0) is 15.0. The molecule has 2 aromatic heterocycles. The number of halogens is 2. The van der Waals surface area contributed by atoms with Crippen LogP contribution in [-0.2, 0) is 0 Å². The fourth-order valence-corrected chi connectivity index (χ4v) is 2.25. The summed E-state index contributed by atoms with van der Waals surface area (Å²) < 4.78 is 5.24. The molecule has 5 nitrogen and oxygen atoms in total.